The minimum absolute atomic E-state index is 0.0487. The third kappa shape index (κ3) is 1.76. The van der Waals surface area contributed by atoms with Crippen LogP contribution in [-0.4, -0.2) is 13.7 Å². The molecule has 1 aliphatic rings. The summed E-state index contributed by atoms with van der Waals surface area (Å²) >= 11 is 3.14. The lowest BCUT2D eigenvalue weighted by atomic mass is 9.95. The Morgan fingerprint density at radius 2 is 2.20 bits per heavy atom. The van der Waals surface area contributed by atoms with E-state index in [0.717, 1.165) is 18.4 Å². The van der Waals surface area contributed by atoms with Crippen molar-refractivity contribution in [3.05, 3.63) is 28.0 Å². The van der Waals surface area contributed by atoms with Crippen LogP contribution < -0.4 is 10.5 Å². The SMILES string of the molecule is COc1cc(Br)c(F)cc1C1(CN)CC1. The Labute approximate surface area is 96.7 Å². The second-order valence-corrected chi connectivity index (χ2v) is 4.81. The maximum absolute atomic E-state index is 13.4. The molecular formula is C11H13BrFNO. The van der Waals surface area contributed by atoms with E-state index in [1.807, 2.05) is 0 Å². The van der Waals surface area contributed by atoms with Gasteiger partial charge in [0, 0.05) is 17.5 Å². The highest BCUT2D eigenvalue weighted by Crippen LogP contribution is 2.51. The van der Waals surface area contributed by atoms with Crippen LogP contribution in [0, 0.1) is 5.82 Å². The van der Waals surface area contributed by atoms with Crippen molar-refractivity contribution in [2.75, 3.05) is 13.7 Å². The molecule has 0 bridgehead atoms. The van der Waals surface area contributed by atoms with E-state index >= 15 is 0 Å². The smallest absolute Gasteiger partial charge is 0.137 e. The monoisotopic (exact) mass is 273 g/mol. The van der Waals surface area contributed by atoms with Crippen molar-refractivity contribution >= 4 is 15.9 Å². The molecule has 2 N–H and O–H groups in total. The predicted octanol–water partition coefficient (Wildman–Crippen LogP) is 2.59. The molecule has 82 valence electrons. The summed E-state index contributed by atoms with van der Waals surface area (Å²) in [5.74, 6) is 0.455. The van der Waals surface area contributed by atoms with Gasteiger partial charge < -0.3 is 10.5 Å². The van der Waals surface area contributed by atoms with Crippen LogP contribution in [0.2, 0.25) is 0 Å². The van der Waals surface area contributed by atoms with Crippen LogP contribution >= 0.6 is 15.9 Å². The molecule has 4 heteroatoms. The summed E-state index contributed by atoms with van der Waals surface area (Å²) in [7, 11) is 1.59. The van der Waals surface area contributed by atoms with E-state index < -0.39 is 0 Å². The topological polar surface area (TPSA) is 35.2 Å². The standard InChI is InChI=1S/C11H13BrFNO/c1-15-10-5-8(12)9(13)4-7(10)11(6-14)2-3-11/h4-5H,2-3,6,14H2,1H3. The Kier molecular flexibility index (Phi) is 2.73. The van der Waals surface area contributed by atoms with Crippen molar-refractivity contribution in [3.63, 3.8) is 0 Å². The summed E-state index contributed by atoms with van der Waals surface area (Å²) in [4.78, 5) is 0. The van der Waals surface area contributed by atoms with Crippen LogP contribution in [0.25, 0.3) is 0 Å². The molecule has 0 aromatic heterocycles. The van der Waals surface area contributed by atoms with E-state index in [4.69, 9.17) is 10.5 Å². The largest absolute Gasteiger partial charge is 0.496 e. The molecule has 0 unspecified atom stereocenters. The van der Waals surface area contributed by atoms with Crippen LogP contribution in [0.15, 0.2) is 16.6 Å². The van der Waals surface area contributed by atoms with Gasteiger partial charge in [0.05, 0.1) is 11.6 Å². The lowest BCUT2D eigenvalue weighted by Gasteiger charge is -2.17. The fraction of sp³-hybridized carbons (Fsp3) is 0.455. The second-order valence-electron chi connectivity index (χ2n) is 3.95. The highest BCUT2D eigenvalue weighted by molar-refractivity contribution is 9.10. The number of benzene rings is 1. The quantitative estimate of drug-likeness (QED) is 0.919. The van der Waals surface area contributed by atoms with Crippen molar-refractivity contribution in [1.29, 1.82) is 0 Å². The Morgan fingerprint density at radius 1 is 1.53 bits per heavy atom. The number of rotatable bonds is 3. The van der Waals surface area contributed by atoms with Gasteiger partial charge in [-0.05, 0) is 40.9 Å². The van der Waals surface area contributed by atoms with Crippen molar-refractivity contribution in [2.45, 2.75) is 18.3 Å². The second kappa shape index (κ2) is 3.76. The van der Waals surface area contributed by atoms with Crippen LogP contribution in [-0.2, 0) is 5.41 Å². The molecule has 0 spiro atoms. The Bertz CT molecular complexity index is 390. The van der Waals surface area contributed by atoms with E-state index in [1.54, 1.807) is 13.2 Å². The molecule has 15 heavy (non-hydrogen) atoms. The minimum Gasteiger partial charge on any atom is -0.496 e. The van der Waals surface area contributed by atoms with E-state index in [-0.39, 0.29) is 11.2 Å². The lowest BCUT2D eigenvalue weighted by Crippen LogP contribution is -2.20. The Hall–Kier alpha value is -0.610. The van der Waals surface area contributed by atoms with Crippen molar-refractivity contribution in [1.82, 2.24) is 0 Å². The summed E-state index contributed by atoms with van der Waals surface area (Å²) in [5, 5.41) is 0. The molecule has 2 rings (SSSR count). The average molecular weight is 274 g/mol. The van der Waals surface area contributed by atoms with Crippen LogP contribution in [0.1, 0.15) is 18.4 Å². The molecule has 1 aromatic rings. The number of ether oxygens (including phenoxy) is 1. The number of hydrogen-bond donors (Lipinski definition) is 1. The molecule has 2 nitrogen and oxygen atoms in total. The van der Waals surface area contributed by atoms with Crippen LogP contribution in [0.5, 0.6) is 5.75 Å². The fourth-order valence-electron chi connectivity index (χ4n) is 1.85. The van der Waals surface area contributed by atoms with Gasteiger partial charge in [-0.15, -0.1) is 0 Å². The zero-order chi connectivity index (χ0) is 11.1. The first-order valence-corrected chi connectivity index (χ1v) is 5.66. The first kappa shape index (κ1) is 10.9. The van der Waals surface area contributed by atoms with Gasteiger partial charge in [-0.3, -0.25) is 0 Å². The molecule has 1 aromatic carbocycles. The zero-order valence-corrected chi connectivity index (χ0v) is 10.1. The first-order chi connectivity index (χ1) is 7.13. The molecular weight excluding hydrogens is 261 g/mol. The van der Waals surface area contributed by atoms with Gasteiger partial charge in [-0.25, -0.2) is 4.39 Å². The van der Waals surface area contributed by atoms with Gasteiger partial charge in [0.2, 0.25) is 0 Å². The predicted molar refractivity (Wildman–Crippen MR) is 60.6 cm³/mol. The third-order valence-corrected chi connectivity index (χ3v) is 3.67. The van der Waals surface area contributed by atoms with Gasteiger partial charge in [0.25, 0.3) is 0 Å². The van der Waals surface area contributed by atoms with Crippen molar-refractivity contribution in [3.8, 4) is 5.75 Å². The molecule has 0 heterocycles. The maximum Gasteiger partial charge on any atom is 0.137 e. The molecule has 1 saturated carbocycles. The third-order valence-electron chi connectivity index (χ3n) is 3.06. The highest BCUT2D eigenvalue weighted by atomic mass is 79.9. The first-order valence-electron chi connectivity index (χ1n) is 4.86. The maximum atomic E-state index is 13.4. The normalized spacial score (nSPS) is 17.6. The summed E-state index contributed by atoms with van der Waals surface area (Å²) in [6.45, 7) is 0.546. The van der Waals surface area contributed by atoms with Crippen LogP contribution in [0.3, 0.4) is 0 Å². The molecule has 0 aliphatic heterocycles. The molecule has 1 aliphatic carbocycles. The van der Waals surface area contributed by atoms with Gasteiger partial charge in [0.15, 0.2) is 0 Å². The van der Waals surface area contributed by atoms with Gasteiger partial charge in [0.1, 0.15) is 11.6 Å². The summed E-state index contributed by atoms with van der Waals surface area (Å²) < 4.78 is 19.1. The fourth-order valence-corrected chi connectivity index (χ4v) is 2.17. The van der Waals surface area contributed by atoms with E-state index in [9.17, 15) is 4.39 Å². The van der Waals surface area contributed by atoms with Gasteiger partial charge >= 0.3 is 0 Å². The number of methoxy groups -OCH3 is 1. The zero-order valence-electron chi connectivity index (χ0n) is 8.52. The lowest BCUT2D eigenvalue weighted by molar-refractivity contribution is 0.402. The van der Waals surface area contributed by atoms with Crippen molar-refractivity contribution < 1.29 is 9.13 Å². The minimum atomic E-state index is -0.259. The molecule has 0 saturated heterocycles. The number of nitrogens with two attached hydrogens (primary N) is 1. The molecule has 0 radical (unpaired) electrons. The van der Waals surface area contributed by atoms with Gasteiger partial charge in [-0.2, -0.15) is 0 Å². The Balaban J connectivity index is 2.50. The molecule has 1 fully saturated rings. The van der Waals surface area contributed by atoms with E-state index in [0.29, 0.717) is 16.8 Å². The average Bonchev–Trinajstić information content (AvgIpc) is 3.02. The Morgan fingerprint density at radius 3 is 2.67 bits per heavy atom. The van der Waals surface area contributed by atoms with E-state index in [1.165, 1.54) is 6.07 Å². The number of hydrogen-bond acceptors (Lipinski definition) is 2. The van der Waals surface area contributed by atoms with Gasteiger partial charge in [-0.1, -0.05) is 0 Å². The summed E-state index contributed by atoms with van der Waals surface area (Å²) in [6.07, 6.45) is 2.03. The number of halogens is 2. The highest BCUT2D eigenvalue weighted by Gasteiger charge is 2.45. The molecule has 0 amide bonds. The van der Waals surface area contributed by atoms with Crippen LogP contribution in [0.4, 0.5) is 4.39 Å². The van der Waals surface area contributed by atoms with Crippen molar-refractivity contribution in [2.24, 2.45) is 5.73 Å². The summed E-state index contributed by atoms with van der Waals surface area (Å²) in [5.41, 5.74) is 6.57. The summed E-state index contributed by atoms with van der Waals surface area (Å²) in [6, 6.07) is 3.20. The molecule has 0 atom stereocenters. The van der Waals surface area contributed by atoms with E-state index in [2.05, 4.69) is 15.9 Å².